The first-order valence-electron chi connectivity index (χ1n) is 8.94. The van der Waals surface area contributed by atoms with E-state index < -0.39 is 0 Å². The van der Waals surface area contributed by atoms with Gasteiger partial charge in [-0.1, -0.05) is 31.7 Å². The lowest BCUT2D eigenvalue weighted by atomic mass is 10.0. The smallest absolute Gasteiger partial charge is 0.233 e. The number of pyridine rings is 1. The van der Waals surface area contributed by atoms with E-state index in [1.807, 2.05) is 23.1 Å². The lowest BCUT2D eigenvalue weighted by Crippen LogP contribution is -2.40. The van der Waals surface area contributed by atoms with Crippen molar-refractivity contribution in [3.63, 3.8) is 0 Å². The molecule has 134 valence electrons. The van der Waals surface area contributed by atoms with Crippen LogP contribution < -0.4 is 0 Å². The summed E-state index contributed by atoms with van der Waals surface area (Å²) in [7, 11) is 0. The van der Waals surface area contributed by atoms with Crippen molar-refractivity contribution in [2.45, 2.75) is 44.8 Å². The highest BCUT2D eigenvalue weighted by molar-refractivity contribution is 7.99. The van der Waals surface area contributed by atoms with Gasteiger partial charge in [0.05, 0.1) is 5.75 Å². The van der Waals surface area contributed by atoms with Gasteiger partial charge < -0.3 is 9.47 Å². The molecular weight excluding hydrogens is 334 g/mol. The average Bonchev–Trinajstić information content (AvgIpc) is 3.03. The molecule has 0 N–H and O–H groups in total. The van der Waals surface area contributed by atoms with Crippen LogP contribution in [0.1, 0.15) is 33.1 Å². The van der Waals surface area contributed by atoms with Crippen LogP contribution in [-0.4, -0.2) is 49.4 Å². The van der Waals surface area contributed by atoms with Gasteiger partial charge in [0.2, 0.25) is 5.91 Å². The molecular formula is C18H25N5OS. The third kappa shape index (κ3) is 4.39. The molecule has 7 heteroatoms. The monoisotopic (exact) mass is 359 g/mol. The van der Waals surface area contributed by atoms with E-state index in [9.17, 15) is 4.79 Å². The van der Waals surface area contributed by atoms with Crippen LogP contribution >= 0.6 is 11.8 Å². The van der Waals surface area contributed by atoms with Crippen LogP contribution in [0.4, 0.5) is 0 Å². The van der Waals surface area contributed by atoms with Crippen LogP contribution in [0.3, 0.4) is 0 Å². The molecule has 0 unspecified atom stereocenters. The largest absolute Gasteiger partial charge is 0.342 e. The van der Waals surface area contributed by atoms with E-state index >= 15 is 0 Å². The summed E-state index contributed by atoms with van der Waals surface area (Å²) in [6.45, 7) is 6.90. The van der Waals surface area contributed by atoms with Crippen molar-refractivity contribution in [3.8, 4) is 11.5 Å². The Hall–Kier alpha value is -1.89. The van der Waals surface area contributed by atoms with Crippen molar-refractivity contribution < 1.29 is 4.79 Å². The number of carbonyl (C=O) groups excluding carboxylic acids is 1. The number of amides is 1. The Morgan fingerprint density at radius 1 is 1.36 bits per heavy atom. The van der Waals surface area contributed by atoms with Gasteiger partial charge in [-0.25, -0.2) is 0 Å². The summed E-state index contributed by atoms with van der Waals surface area (Å²) in [5.41, 5.74) is 0.812. The molecule has 0 spiro atoms. The molecule has 0 aliphatic carbocycles. The Balaban J connectivity index is 1.70. The highest BCUT2D eigenvalue weighted by atomic mass is 32.2. The second-order valence-corrected chi connectivity index (χ2v) is 7.49. The van der Waals surface area contributed by atoms with Gasteiger partial charge >= 0.3 is 0 Å². The van der Waals surface area contributed by atoms with Crippen LogP contribution in [0.5, 0.6) is 0 Å². The molecule has 1 fully saturated rings. The predicted molar refractivity (Wildman–Crippen MR) is 99.2 cm³/mol. The third-order valence-corrected chi connectivity index (χ3v) is 5.34. The topological polar surface area (TPSA) is 63.9 Å². The zero-order valence-electron chi connectivity index (χ0n) is 14.9. The van der Waals surface area contributed by atoms with Crippen LogP contribution in [0.2, 0.25) is 0 Å². The number of hydrogen-bond acceptors (Lipinski definition) is 5. The van der Waals surface area contributed by atoms with Gasteiger partial charge in [-0.15, -0.1) is 10.2 Å². The summed E-state index contributed by atoms with van der Waals surface area (Å²) in [5.74, 6) is 1.98. The average molecular weight is 359 g/mol. The zero-order chi connectivity index (χ0) is 17.6. The maximum atomic E-state index is 12.5. The fraction of sp³-hybridized carbons (Fsp3) is 0.556. The maximum Gasteiger partial charge on any atom is 0.233 e. The van der Waals surface area contributed by atoms with Gasteiger partial charge in [0, 0.05) is 25.8 Å². The van der Waals surface area contributed by atoms with Gasteiger partial charge in [-0.05, 0) is 37.3 Å². The van der Waals surface area contributed by atoms with Crippen molar-refractivity contribution in [1.29, 1.82) is 0 Å². The van der Waals surface area contributed by atoms with Gasteiger partial charge in [-0.3, -0.25) is 9.78 Å². The summed E-state index contributed by atoms with van der Waals surface area (Å²) in [5, 5.41) is 9.41. The molecule has 2 aromatic heterocycles. The molecule has 0 bridgehead atoms. The Labute approximate surface area is 153 Å². The number of carbonyl (C=O) groups is 1. The number of rotatable bonds is 6. The Bertz CT molecular complexity index is 703. The summed E-state index contributed by atoms with van der Waals surface area (Å²) in [6.07, 6.45) is 5.06. The predicted octanol–water partition coefficient (Wildman–Crippen LogP) is 3.10. The molecule has 2 aromatic rings. The number of thioether (sulfide) groups is 1. The molecule has 0 aromatic carbocycles. The summed E-state index contributed by atoms with van der Waals surface area (Å²) >= 11 is 1.48. The summed E-state index contributed by atoms with van der Waals surface area (Å²) in [6, 6.07) is 5.77. The Morgan fingerprint density at radius 3 is 2.96 bits per heavy atom. The van der Waals surface area contributed by atoms with E-state index in [0.29, 0.717) is 11.7 Å². The van der Waals surface area contributed by atoms with Crippen molar-refractivity contribution >= 4 is 17.7 Å². The molecule has 1 amide bonds. The molecule has 1 aliphatic heterocycles. The number of piperidine rings is 1. The van der Waals surface area contributed by atoms with E-state index in [4.69, 9.17) is 0 Å². The van der Waals surface area contributed by atoms with Crippen LogP contribution in [0, 0.1) is 5.92 Å². The molecule has 1 saturated heterocycles. The molecule has 0 saturated carbocycles. The molecule has 25 heavy (non-hydrogen) atoms. The first-order chi connectivity index (χ1) is 12.2. The normalized spacial score (nSPS) is 17.7. The minimum Gasteiger partial charge on any atom is -0.342 e. The molecule has 1 aliphatic rings. The molecule has 6 nitrogen and oxygen atoms in total. The second kappa shape index (κ2) is 8.47. The number of hydrogen-bond donors (Lipinski definition) is 0. The van der Waals surface area contributed by atoms with E-state index in [1.54, 1.807) is 6.20 Å². The van der Waals surface area contributed by atoms with Crippen LogP contribution in [0.15, 0.2) is 29.6 Å². The number of likely N-dealkylation sites (tertiary alicyclic amines) is 1. The number of nitrogens with zero attached hydrogens (tertiary/aromatic N) is 5. The highest BCUT2D eigenvalue weighted by Crippen LogP contribution is 2.24. The Kier molecular flexibility index (Phi) is 6.07. The first-order valence-corrected chi connectivity index (χ1v) is 9.92. The van der Waals surface area contributed by atoms with Crippen molar-refractivity contribution in [3.05, 3.63) is 24.4 Å². The second-order valence-electron chi connectivity index (χ2n) is 6.55. The van der Waals surface area contributed by atoms with Crippen molar-refractivity contribution in [2.24, 2.45) is 5.92 Å². The van der Waals surface area contributed by atoms with E-state index in [0.717, 1.165) is 49.2 Å². The van der Waals surface area contributed by atoms with Crippen molar-refractivity contribution in [1.82, 2.24) is 24.6 Å². The lowest BCUT2D eigenvalue weighted by Gasteiger charge is -2.30. The summed E-state index contributed by atoms with van der Waals surface area (Å²) in [4.78, 5) is 18.9. The van der Waals surface area contributed by atoms with Crippen molar-refractivity contribution in [2.75, 3.05) is 18.8 Å². The van der Waals surface area contributed by atoms with Crippen LogP contribution in [-0.2, 0) is 11.3 Å². The van der Waals surface area contributed by atoms with Gasteiger partial charge in [-0.2, -0.15) is 0 Å². The fourth-order valence-corrected chi connectivity index (χ4v) is 4.01. The van der Waals surface area contributed by atoms with E-state index in [1.165, 1.54) is 18.2 Å². The molecule has 3 heterocycles. The molecule has 0 radical (unpaired) electrons. The Morgan fingerprint density at radius 2 is 2.24 bits per heavy atom. The number of aromatic nitrogens is 4. The fourth-order valence-electron chi connectivity index (χ4n) is 3.14. The minimum absolute atomic E-state index is 0.196. The quantitative estimate of drug-likeness (QED) is 0.742. The van der Waals surface area contributed by atoms with Gasteiger partial charge in [0.25, 0.3) is 0 Å². The van der Waals surface area contributed by atoms with Crippen LogP contribution in [0.25, 0.3) is 11.5 Å². The van der Waals surface area contributed by atoms with E-state index in [-0.39, 0.29) is 5.91 Å². The van der Waals surface area contributed by atoms with E-state index in [2.05, 4.69) is 33.6 Å². The SMILES string of the molecule is CCCn1c(SCC(=O)N2CCC[C@H](C)C2)nnc1-c1ccccn1. The third-order valence-electron chi connectivity index (χ3n) is 4.39. The molecule has 3 rings (SSSR count). The molecule has 1 atom stereocenters. The minimum atomic E-state index is 0.196. The zero-order valence-corrected chi connectivity index (χ0v) is 15.7. The standard InChI is InChI=1S/C18H25N5OS/c1-3-10-23-17(15-8-4-5-9-19-15)20-21-18(23)25-13-16(24)22-11-6-7-14(2)12-22/h4-5,8-9,14H,3,6-7,10-13H2,1-2H3/t14-/m0/s1. The van der Waals surface area contributed by atoms with Gasteiger partial charge in [0.15, 0.2) is 11.0 Å². The maximum absolute atomic E-state index is 12.5. The van der Waals surface area contributed by atoms with Gasteiger partial charge in [0.1, 0.15) is 5.69 Å². The lowest BCUT2D eigenvalue weighted by molar-refractivity contribution is -0.130. The first kappa shape index (κ1) is 17.9. The summed E-state index contributed by atoms with van der Waals surface area (Å²) < 4.78 is 2.07. The highest BCUT2D eigenvalue weighted by Gasteiger charge is 2.22.